The number of nitrogens with zero attached hydrogens (tertiary/aromatic N) is 4. The second kappa shape index (κ2) is 6.28. The standard InChI is InChI=1S/C2H2N4O8.Cs/c7-3(8)1-2(4(9)10,5(11)12)6(13)14;/h1H2;. The maximum absolute atomic E-state index is 10.1. The third-order valence-electron chi connectivity index (χ3n) is 1.22. The van der Waals surface area contributed by atoms with Crippen LogP contribution in [0.3, 0.4) is 0 Å². The Morgan fingerprint density at radius 1 is 0.800 bits per heavy atom. The summed E-state index contributed by atoms with van der Waals surface area (Å²) in [5.41, 5.74) is 0. The molecule has 0 fully saturated rings. The Kier molecular flexibility index (Phi) is 7.14. The van der Waals surface area contributed by atoms with Crippen molar-refractivity contribution in [1.29, 1.82) is 0 Å². The summed E-state index contributed by atoms with van der Waals surface area (Å²) < 4.78 is 0. The Morgan fingerprint density at radius 3 is 1.13 bits per heavy atom. The molecule has 0 spiro atoms. The summed E-state index contributed by atoms with van der Waals surface area (Å²) in [7, 11) is 0. The van der Waals surface area contributed by atoms with Crippen molar-refractivity contribution in [3.63, 3.8) is 0 Å². The summed E-state index contributed by atoms with van der Waals surface area (Å²) >= 11 is 0. The molecule has 0 atom stereocenters. The molecule has 15 heavy (non-hydrogen) atoms. The first-order valence-electron chi connectivity index (χ1n) is 2.80. The predicted octanol–water partition coefficient (Wildman–Crippen LogP) is -1.63. The van der Waals surface area contributed by atoms with E-state index in [0.717, 1.165) is 0 Å². The van der Waals surface area contributed by atoms with Crippen molar-refractivity contribution in [3.05, 3.63) is 40.5 Å². The van der Waals surface area contributed by atoms with E-state index in [1.165, 1.54) is 0 Å². The third-order valence-corrected chi connectivity index (χ3v) is 1.22. The quantitative estimate of drug-likeness (QED) is 0.325. The van der Waals surface area contributed by atoms with Crippen LogP contribution in [0.25, 0.3) is 0 Å². The van der Waals surface area contributed by atoms with Crippen molar-refractivity contribution in [1.82, 2.24) is 0 Å². The first-order valence-corrected chi connectivity index (χ1v) is 2.80. The first kappa shape index (κ1) is 17.1. The minimum Gasteiger partial charge on any atom is -0.264 e. The van der Waals surface area contributed by atoms with E-state index in [-0.39, 0.29) is 68.9 Å². The number of nitro groups is 4. The van der Waals surface area contributed by atoms with Crippen LogP contribution < -0.4 is 0 Å². The zero-order chi connectivity index (χ0) is 11.5. The van der Waals surface area contributed by atoms with Crippen LogP contribution in [0.5, 0.6) is 0 Å². The summed E-state index contributed by atoms with van der Waals surface area (Å²) in [4.78, 5) is 32.8. The normalized spacial score (nSPS) is 9.87. The molecule has 79 valence electrons. The first-order chi connectivity index (χ1) is 6.25. The molecule has 0 aliphatic heterocycles. The van der Waals surface area contributed by atoms with Gasteiger partial charge in [0, 0.05) is 73.8 Å². The molecule has 0 unspecified atom stereocenters. The molecule has 0 bridgehead atoms. The minimum atomic E-state index is -4.01. The zero-order valence-corrected chi connectivity index (χ0v) is 13.5. The summed E-state index contributed by atoms with van der Waals surface area (Å²) in [6, 6.07) is 0. The molecule has 0 aliphatic rings. The Morgan fingerprint density at radius 2 is 1.07 bits per heavy atom. The van der Waals surface area contributed by atoms with E-state index in [9.17, 15) is 40.5 Å². The predicted molar refractivity (Wildman–Crippen MR) is 41.3 cm³/mol. The van der Waals surface area contributed by atoms with Crippen LogP contribution in [0.2, 0.25) is 0 Å². The molecule has 0 rings (SSSR count). The fraction of sp³-hybridized carbons (Fsp3) is 1.00. The van der Waals surface area contributed by atoms with E-state index in [4.69, 9.17) is 0 Å². The molecule has 0 N–H and O–H groups in total. The van der Waals surface area contributed by atoms with E-state index < -0.39 is 32.0 Å². The van der Waals surface area contributed by atoms with Crippen molar-refractivity contribution < 1.29 is 19.7 Å². The van der Waals surface area contributed by atoms with Crippen LogP contribution in [0.4, 0.5) is 0 Å². The van der Waals surface area contributed by atoms with E-state index in [0.29, 0.717) is 0 Å². The molecule has 0 aromatic carbocycles. The third kappa shape index (κ3) is 3.61. The van der Waals surface area contributed by atoms with Gasteiger partial charge in [0.1, 0.15) is 0 Å². The van der Waals surface area contributed by atoms with Gasteiger partial charge in [-0.25, -0.2) is 0 Å². The average molecular weight is 343 g/mol. The maximum atomic E-state index is 10.1. The van der Waals surface area contributed by atoms with Gasteiger partial charge in [0.2, 0.25) is 0 Å². The fourth-order valence-corrected chi connectivity index (χ4v) is 0.546. The summed E-state index contributed by atoms with van der Waals surface area (Å²) in [5, 5.41) is 40.0. The molecule has 0 amide bonds. The Bertz CT molecular complexity index is 278. The van der Waals surface area contributed by atoms with Crippen LogP contribution in [0, 0.1) is 40.5 Å². The van der Waals surface area contributed by atoms with Gasteiger partial charge in [0.25, 0.3) is 0 Å². The molecule has 13 heteroatoms. The van der Waals surface area contributed by atoms with Crippen molar-refractivity contribution in [2.45, 2.75) is 5.79 Å². The van der Waals surface area contributed by atoms with Gasteiger partial charge in [-0.15, -0.1) is 0 Å². The van der Waals surface area contributed by atoms with Crippen molar-refractivity contribution in [2.24, 2.45) is 0 Å². The topological polar surface area (TPSA) is 173 Å². The second-order valence-corrected chi connectivity index (χ2v) is 2.04. The Balaban J connectivity index is 0. The van der Waals surface area contributed by atoms with Crippen molar-refractivity contribution in [2.75, 3.05) is 6.54 Å². The van der Waals surface area contributed by atoms with Crippen LogP contribution >= 0.6 is 0 Å². The van der Waals surface area contributed by atoms with Gasteiger partial charge < -0.3 is 0 Å². The van der Waals surface area contributed by atoms with E-state index in [1.807, 2.05) is 0 Å². The summed E-state index contributed by atoms with van der Waals surface area (Å²) in [5.74, 6) is -4.01. The smallest absolute Gasteiger partial charge is 0.264 e. The Labute approximate surface area is 139 Å². The molecule has 0 saturated heterocycles. The summed E-state index contributed by atoms with van der Waals surface area (Å²) in [6.45, 7) is -2.01. The van der Waals surface area contributed by atoms with Crippen molar-refractivity contribution in [3.8, 4) is 0 Å². The average Bonchev–Trinajstić information content (AvgIpc) is 1.97. The van der Waals surface area contributed by atoms with E-state index >= 15 is 0 Å². The molecular formula is C2H2CsN4O8. The van der Waals surface area contributed by atoms with Crippen LogP contribution in [-0.4, -0.2) is 101 Å². The number of hydrogen-bond acceptors (Lipinski definition) is 8. The van der Waals surface area contributed by atoms with Gasteiger partial charge in [-0.3, -0.25) is 40.5 Å². The SMILES string of the molecule is O=[N+]([O-])CC([N+](=O)[O-])([N+](=O)[O-])[N+](=O)[O-].[Cs]. The Hall–Kier alpha value is -0.348. The van der Waals surface area contributed by atoms with Crippen LogP contribution in [-0.2, 0) is 0 Å². The van der Waals surface area contributed by atoms with Gasteiger partial charge in [-0.1, -0.05) is 0 Å². The zero-order valence-electron chi connectivity index (χ0n) is 7.26. The van der Waals surface area contributed by atoms with E-state index in [2.05, 4.69) is 0 Å². The van der Waals surface area contributed by atoms with E-state index in [1.54, 1.807) is 0 Å². The van der Waals surface area contributed by atoms with Gasteiger partial charge in [0.05, 0.1) is 0 Å². The molecule has 0 aromatic heterocycles. The molecule has 0 aliphatic carbocycles. The number of hydrogen-bond donors (Lipinski definition) is 0. The van der Waals surface area contributed by atoms with Gasteiger partial charge in [-0.05, 0) is 0 Å². The van der Waals surface area contributed by atoms with Gasteiger partial charge in [-0.2, -0.15) is 0 Å². The number of rotatable bonds is 5. The largest absolute Gasteiger partial charge is 0.764 e. The molecule has 0 heterocycles. The monoisotopic (exact) mass is 343 g/mol. The van der Waals surface area contributed by atoms with Crippen LogP contribution in [0.1, 0.15) is 0 Å². The molecule has 0 aromatic rings. The molecule has 1 radical (unpaired) electrons. The molecule has 0 saturated carbocycles. The molecule has 12 nitrogen and oxygen atoms in total. The van der Waals surface area contributed by atoms with Crippen LogP contribution in [0.15, 0.2) is 0 Å². The summed E-state index contributed by atoms with van der Waals surface area (Å²) in [6.07, 6.45) is 0. The maximum Gasteiger partial charge on any atom is 0.764 e. The van der Waals surface area contributed by atoms with Gasteiger partial charge in [0.15, 0.2) is 14.8 Å². The second-order valence-electron chi connectivity index (χ2n) is 2.04. The van der Waals surface area contributed by atoms with Crippen molar-refractivity contribution >= 4 is 68.9 Å². The molecular weight excluding hydrogens is 341 g/mol. The fourth-order valence-electron chi connectivity index (χ4n) is 0.546. The van der Waals surface area contributed by atoms with Gasteiger partial charge >= 0.3 is 12.3 Å². The minimum absolute atomic E-state index is 0.